The van der Waals surface area contributed by atoms with Gasteiger partial charge < -0.3 is 15.4 Å². The van der Waals surface area contributed by atoms with E-state index in [-0.39, 0.29) is 11.3 Å². The molecule has 106 valence electrons. The molecule has 0 aromatic heterocycles. The van der Waals surface area contributed by atoms with Crippen LogP contribution in [-0.4, -0.2) is 26.1 Å². The Morgan fingerprint density at radius 3 is 2.37 bits per heavy atom. The maximum Gasteiger partial charge on any atom is 0.243 e. The Morgan fingerprint density at radius 1 is 1.37 bits per heavy atom. The van der Waals surface area contributed by atoms with Crippen molar-refractivity contribution < 1.29 is 9.53 Å². The van der Waals surface area contributed by atoms with Gasteiger partial charge in [-0.2, -0.15) is 0 Å². The first kappa shape index (κ1) is 15.5. The van der Waals surface area contributed by atoms with Crippen molar-refractivity contribution >= 4 is 11.6 Å². The van der Waals surface area contributed by atoms with Gasteiger partial charge in [0.15, 0.2) is 0 Å². The molecule has 1 aromatic rings. The van der Waals surface area contributed by atoms with Crippen LogP contribution in [0.3, 0.4) is 0 Å². The SMILES string of the molecule is COc1ccc(C(C)(C)C)cc1N(C)C(=O)C(C)N. The van der Waals surface area contributed by atoms with Crippen LogP contribution in [0.5, 0.6) is 5.75 Å². The van der Waals surface area contributed by atoms with Crippen LogP contribution in [0.2, 0.25) is 0 Å². The molecule has 4 heteroatoms. The monoisotopic (exact) mass is 264 g/mol. The summed E-state index contributed by atoms with van der Waals surface area (Å²) < 4.78 is 5.33. The van der Waals surface area contributed by atoms with E-state index < -0.39 is 6.04 Å². The van der Waals surface area contributed by atoms with Gasteiger partial charge in [0.25, 0.3) is 0 Å². The van der Waals surface area contributed by atoms with Gasteiger partial charge in [-0.1, -0.05) is 26.8 Å². The van der Waals surface area contributed by atoms with Gasteiger partial charge in [0.05, 0.1) is 18.8 Å². The van der Waals surface area contributed by atoms with Gasteiger partial charge in [0, 0.05) is 7.05 Å². The van der Waals surface area contributed by atoms with Gasteiger partial charge in [-0.3, -0.25) is 4.79 Å². The molecule has 2 N–H and O–H groups in total. The minimum absolute atomic E-state index is 0.0131. The highest BCUT2D eigenvalue weighted by Gasteiger charge is 2.21. The van der Waals surface area contributed by atoms with E-state index in [1.165, 1.54) is 0 Å². The number of carbonyl (C=O) groups excluding carboxylic acids is 1. The summed E-state index contributed by atoms with van der Waals surface area (Å²) in [6.07, 6.45) is 0. The molecule has 0 saturated heterocycles. The zero-order valence-electron chi connectivity index (χ0n) is 12.7. The Morgan fingerprint density at radius 2 is 1.95 bits per heavy atom. The van der Waals surface area contributed by atoms with Crippen molar-refractivity contribution in [2.24, 2.45) is 5.73 Å². The van der Waals surface area contributed by atoms with Crippen molar-refractivity contribution in [2.75, 3.05) is 19.1 Å². The summed E-state index contributed by atoms with van der Waals surface area (Å²) in [6.45, 7) is 8.07. The third kappa shape index (κ3) is 3.47. The fourth-order valence-electron chi connectivity index (χ4n) is 1.84. The molecule has 0 heterocycles. The van der Waals surface area contributed by atoms with E-state index in [0.717, 1.165) is 11.3 Å². The summed E-state index contributed by atoms with van der Waals surface area (Å²) in [7, 11) is 3.32. The molecule has 1 aromatic carbocycles. The van der Waals surface area contributed by atoms with Gasteiger partial charge in [0.2, 0.25) is 5.91 Å². The lowest BCUT2D eigenvalue weighted by Gasteiger charge is -2.25. The smallest absolute Gasteiger partial charge is 0.243 e. The number of nitrogens with zero attached hydrogens (tertiary/aromatic N) is 1. The van der Waals surface area contributed by atoms with Gasteiger partial charge in [-0.15, -0.1) is 0 Å². The summed E-state index contributed by atoms with van der Waals surface area (Å²) in [5.41, 5.74) is 7.56. The van der Waals surface area contributed by atoms with E-state index in [2.05, 4.69) is 20.8 Å². The second-order valence-corrected chi connectivity index (χ2v) is 5.82. The van der Waals surface area contributed by atoms with E-state index in [0.29, 0.717) is 5.75 Å². The number of anilines is 1. The van der Waals surface area contributed by atoms with Crippen LogP contribution in [-0.2, 0) is 10.2 Å². The number of carbonyl (C=O) groups is 1. The van der Waals surface area contributed by atoms with Crippen molar-refractivity contribution in [2.45, 2.75) is 39.2 Å². The number of hydrogen-bond donors (Lipinski definition) is 1. The van der Waals surface area contributed by atoms with Gasteiger partial charge >= 0.3 is 0 Å². The van der Waals surface area contributed by atoms with Crippen molar-refractivity contribution in [3.63, 3.8) is 0 Å². The molecular weight excluding hydrogens is 240 g/mol. The van der Waals surface area contributed by atoms with Crippen molar-refractivity contribution in [3.05, 3.63) is 23.8 Å². The zero-order chi connectivity index (χ0) is 14.8. The van der Waals surface area contributed by atoms with E-state index in [1.807, 2.05) is 18.2 Å². The average molecular weight is 264 g/mol. The van der Waals surface area contributed by atoms with Gasteiger partial charge in [-0.25, -0.2) is 0 Å². The number of likely N-dealkylation sites (N-methyl/N-ethyl adjacent to an activating group) is 1. The van der Waals surface area contributed by atoms with E-state index in [9.17, 15) is 4.79 Å². The Labute approximate surface area is 115 Å². The Bertz CT molecular complexity index is 462. The quantitative estimate of drug-likeness (QED) is 0.911. The molecule has 0 bridgehead atoms. The third-order valence-electron chi connectivity index (χ3n) is 3.13. The number of ether oxygens (including phenoxy) is 1. The maximum absolute atomic E-state index is 12.0. The highest BCUT2D eigenvalue weighted by Crippen LogP contribution is 2.33. The molecule has 1 atom stereocenters. The Kier molecular flexibility index (Phi) is 4.58. The molecule has 0 aliphatic heterocycles. The molecule has 1 amide bonds. The van der Waals surface area contributed by atoms with Crippen LogP contribution >= 0.6 is 0 Å². The number of rotatable bonds is 3. The topological polar surface area (TPSA) is 55.6 Å². The van der Waals surface area contributed by atoms with Crippen LogP contribution in [0.1, 0.15) is 33.3 Å². The molecule has 1 rings (SSSR count). The van der Waals surface area contributed by atoms with Crippen LogP contribution < -0.4 is 15.4 Å². The Balaban J connectivity index is 3.27. The predicted molar refractivity (Wildman–Crippen MR) is 78.8 cm³/mol. The number of amides is 1. The van der Waals surface area contributed by atoms with E-state index in [4.69, 9.17) is 10.5 Å². The summed E-state index contributed by atoms with van der Waals surface area (Å²) in [5.74, 6) is 0.536. The number of nitrogens with two attached hydrogens (primary N) is 1. The normalized spacial score (nSPS) is 13.0. The first-order valence-corrected chi connectivity index (χ1v) is 6.40. The first-order valence-electron chi connectivity index (χ1n) is 6.40. The molecule has 0 fully saturated rings. The fourth-order valence-corrected chi connectivity index (χ4v) is 1.84. The predicted octanol–water partition coefficient (Wildman–Crippen LogP) is 2.30. The summed E-state index contributed by atoms with van der Waals surface area (Å²) in [4.78, 5) is 13.6. The Hall–Kier alpha value is -1.55. The molecule has 0 aliphatic carbocycles. The van der Waals surface area contributed by atoms with Gasteiger partial charge in [-0.05, 0) is 30.0 Å². The minimum Gasteiger partial charge on any atom is -0.495 e. The molecule has 4 nitrogen and oxygen atoms in total. The highest BCUT2D eigenvalue weighted by molar-refractivity contribution is 5.97. The fraction of sp³-hybridized carbons (Fsp3) is 0.533. The number of methoxy groups -OCH3 is 1. The lowest BCUT2D eigenvalue weighted by molar-refractivity contribution is -0.119. The molecular formula is C15H24N2O2. The average Bonchev–Trinajstić information content (AvgIpc) is 2.34. The molecule has 0 spiro atoms. The van der Waals surface area contributed by atoms with Crippen LogP contribution in [0.25, 0.3) is 0 Å². The van der Waals surface area contributed by atoms with Crippen LogP contribution in [0.4, 0.5) is 5.69 Å². The second-order valence-electron chi connectivity index (χ2n) is 5.82. The maximum atomic E-state index is 12.0. The molecule has 1 unspecified atom stereocenters. The van der Waals surface area contributed by atoms with E-state index >= 15 is 0 Å². The molecule has 0 aliphatic rings. The standard InChI is InChI=1S/C15H24N2O2/c1-10(16)14(18)17(5)12-9-11(15(2,3)4)7-8-13(12)19-6/h7-10H,16H2,1-6H3. The lowest BCUT2D eigenvalue weighted by Crippen LogP contribution is -2.40. The summed E-state index contributed by atoms with van der Waals surface area (Å²) in [6, 6.07) is 5.36. The largest absolute Gasteiger partial charge is 0.495 e. The molecule has 0 saturated carbocycles. The summed E-state index contributed by atoms with van der Waals surface area (Å²) >= 11 is 0. The number of hydrogen-bond acceptors (Lipinski definition) is 3. The van der Waals surface area contributed by atoms with Crippen LogP contribution in [0, 0.1) is 0 Å². The van der Waals surface area contributed by atoms with Crippen molar-refractivity contribution in [3.8, 4) is 5.75 Å². The highest BCUT2D eigenvalue weighted by atomic mass is 16.5. The zero-order valence-corrected chi connectivity index (χ0v) is 12.7. The lowest BCUT2D eigenvalue weighted by atomic mass is 9.86. The molecule has 19 heavy (non-hydrogen) atoms. The van der Waals surface area contributed by atoms with Crippen molar-refractivity contribution in [1.29, 1.82) is 0 Å². The van der Waals surface area contributed by atoms with E-state index in [1.54, 1.807) is 26.0 Å². The van der Waals surface area contributed by atoms with Crippen molar-refractivity contribution in [1.82, 2.24) is 0 Å². The van der Waals surface area contributed by atoms with Crippen LogP contribution in [0.15, 0.2) is 18.2 Å². The summed E-state index contributed by atoms with van der Waals surface area (Å²) in [5, 5.41) is 0. The van der Waals surface area contributed by atoms with Gasteiger partial charge in [0.1, 0.15) is 5.75 Å². The minimum atomic E-state index is -0.534. The second kappa shape index (κ2) is 5.61. The first-order chi connectivity index (χ1) is 8.68. The number of benzene rings is 1. The molecule has 0 radical (unpaired) electrons. The third-order valence-corrected chi connectivity index (χ3v) is 3.13.